The van der Waals surface area contributed by atoms with E-state index in [-0.39, 0.29) is 0 Å². The quantitative estimate of drug-likeness (QED) is 0.684. The number of rotatable bonds is 1. The Bertz CT molecular complexity index is 686. The summed E-state index contributed by atoms with van der Waals surface area (Å²) in [7, 11) is 0. The van der Waals surface area contributed by atoms with Gasteiger partial charge in [0.2, 0.25) is 5.95 Å². The Kier molecular flexibility index (Phi) is 2.04. The second kappa shape index (κ2) is 3.55. The molecule has 0 unspecified atom stereocenters. The van der Waals surface area contributed by atoms with Gasteiger partial charge in [0.25, 0.3) is 0 Å². The average molecular weight is 225 g/mol. The van der Waals surface area contributed by atoms with E-state index in [0.29, 0.717) is 11.6 Å². The lowest BCUT2D eigenvalue weighted by atomic mass is 10.1. The van der Waals surface area contributed by atoms with Crippen LogP contribution in [-0.2, 0) is 0 Å². The van der Waals surface area contributed by atoms with E-state index in [4.69, 9.17) is 5.73 Å². The van der Waals surface area contributed by atoms with Crippen molar-refractivity contribution in [3.05, 3.63) is 42.2 Å². The molecule has 84 valence electrons. The van der Waals surface area contributed by atoms with Crippen LogP contribution in [0.25, 0.3) is 16.9 Å². The number of aromatic nitrogens is 4. The summed E-state index contributed by atoms with van der Waals surface area (Å²) in [5, 5.41) is 4.39. The molecule has 2 N–H and O–H groups in total. The van der Waals surface area contributed by atoms with Gasteiger partial charge in [-0.2, -0.15) is 9.61 Å². The molecule has 0 saturated heterocycles. The highest BCUT2D eigenvalue weighted by atomic mass is 15.3. The van der Waals surface area contributed by atoms with E-state index >= 15 is 0 Å². The van der Waals surface area contributed by atoms with Gasteiger partial charge >= 0.3 is 0 Å². The molecule has 3 rings (SSSR count). The van der Waals surface area contributed by atoms with Crippen LogP contribution in [0.15, 0.2) is 36.7 Å². The molecule has 0 atom stereocenters. The number of benzene rings is 1. The van der Waals surface area contributed by atoms with E-state index in [1.54, 1.807) is 0 Å². The first-order valence-electron chi connectivity index (χ1n) is 5.27. The average Bonchev–Trinajstić information content (AvgIpc) is 2.74. The molecule has 0 bridgehead atoms. The van der Waals surface area contributed by atoms with Crippen LogP contribution >= 0.6 is 0 Å². The molecule has 0 fully saturated rings. The zero-order valence-corrected chi connectivity index (χ0v) is 9.33. The summed E-state index contributed by atoms with van der Waals surface area (Å²) in [6.07, 6.45) is 1.44. The summed E-state index contributed by atoms with van der Waals surface area (Å²) in [6, 6.07) is 10.0. The summed E-state index contributed by atoms with van der Waals surface area (Å²) in [5.41, 5.74) is 9.52. The van der Waals surface area contributed by atoms with Crippen molar-refractivity contribution in [2.24, 2.45) is 0 Å². The molecule has 2 heterocycles. The highest BCUT2D eigenvalue weighted by Crippen LogP contribution is 2.20. The lowest BCUT2D eigenvalue weighted by Gasteiger charge is -1.97. The van der Waals surface area contributed by atoms with Crippen LogP contribution in [0.1, 0.15) is 5.56 Å². The minimum atomic E-state index is 0.342. The number of nitrogens with zero attached hydrogens (tertiary/aromatic N) is 4. The Morgan fingerprint density at radius 2 is 2.06 bits per heavy atom. The highest BCUT2D eigenvalue weighted by molar-refractivity contribution is 5.65. The van der Waals surface area contributed by atoms with Crippen molar-refractivity contribution in [1.82, 2.24) is 19.6 Å². The standard InChI is InChI=1S/C12H11N5/c1-8-3-2-4-9(5-8)10-6-11-14-7-15-12(13)17(11)16-10/h2-7H,1H3,(H2,13,14,15). The first kappa shape index (κ1) is 9.77. The zero-order chi connectivity index (χ0) is 11.8. The van der Waals surface area contributed by atoms with Gasteiger partial charge in [0.05, 0.1) is 5.69 Å². The lowest BCUT2D eigenvalue weighted by molar-refractivity contribution is 0.912. The minimum Gasteiger partial charge on any atom is -0.368 e. The second-order valence-electron chi connectivity index (χ2n) is 3.90. The molecule has 1 aromatic carbocycles. The van der Waals surface area contributed by atoms with Crippen molar-refractivity contribution >= 4 is 11.6 Å². The van der Waals surface area contributed by atoms with Crippen molar-refractivity contribution in [2.75, 3.05) is 5.73 Å². The third-order valence-corrected chi connectivity index (χ3v) is 2.60. The summed E-state index contributed by atoms with van der Waals surface area (Å²) in [4.78, 5) is 8.02. The number of fused-ring (bicyclic) bond motifs is 1. The molecule has 0 saturated carbocycles. The van der Waals surface area contributed by atoms with Crippen LogP contribution in [0.2, 0.25) is 0 Å². The molecule has 3 aromatic rings. The van der Waals surface area contributed by atoms with Crippen LogP contribution in [0.4, 0.5) is 5.95 Å². The number of hydrogen-bond acceptors (Lipinski definition) is 4. The summed E-state index contributed by atoms with van der Waals surface area (Å²) in [5.74, 6) is 0.342. The normalized spacial score (nSPS) is 10.9. The van der Waals surface area contributed by atoms with E-state index < -0.39 is 0 Å². The van der Waals surface area contributed by atoms with E-state index in [0.717, 1.165) is 11.3 Å². The fourth-order valence-electron chi connectivity index (χ4n) is 1.78. The zero-order valence-electron chi connectivity index (χ0n) is 9.33. The summed E-state index contributed by atoms with van der Waals surface area (Å²) in [6.45, 7) is 2.05. The monoisotopic (exact) mass is 225 g/mol. The second-order valence-corrected chi connectivity index (χ2v) is 3.90. The van der Waals surface area contributed by atoms with Crippen molar-refractivity contribution in [2.45, 2.75) is 6.92 Å². The van der Waals surface area contributed by atoms with Crippen LogP contribution in [-0.4, -0.2) is 19.6 Å². The maximum atomic E-state index is 5.73. The first-order chi connectivity index (χ1) is 8.24. The van der Waals surface area contributed by atoms with Crippen molar-refractivity contribution in [1.29, 1.82) is 0 Å². The third-order valence-electron chi connectivity index (χ3n) is 2.60. The number of aryl methyl sites for hydroxylation is 1. The van der Waals surface area contributed by atoms with Crippen LogP contribution in [0.5, 0.6) is 0 Å². The van der Waals surface area contributed by atoms with Crippen molar-refractivity contribution in [3.8, 4) is 11.3 Å². The topological polar surface area (TPSA) is 69.1 Å². The van der Waals surface area contributed by atoms with Gasteiger partial charge in [-0.05, 0) is 13.0 Å². The molecule has 5 heteroatoms. The number of hydrogen-bond donors (Lipinski definition) is 1. The van der Waals surface area contributed by atoms with Gasteiger partial charge in [0.1, 0.15) is 6.33 Å². The van der Waals surface area contributed by atoms with E-state index in [1.165, 1.54) is 16.4 Å². The maximum Gasteiger partial charge on any atom is 0.224 e. The fraction of sp³-hybridized carbons (Fsp3) is 0.0833. The van der Waals surface area contributed by atoms with Crippen molar-refractivity contribution in [3.63, 3.8) is 0 Å². The molecular formula is C12H11N5. The Morgan fingerprint density at radius 1 is 1.18 bits per heavy atom. The Labute approximate surface area is 97.9 Å². The SMILES string of the molecule is Cc1cccc(-c2cc3ncnc(N)n3n2)c1. The number of nitrogen functional groups attached to an aromatic ring is 1. The smallest absolute Gasteiger partial charge is 0.224 e. The Hall–Kier alpha value is -2.43. The molecule has 0 aliphatic carbocycles. The predicted molar refractivity (Wildman–Crippen MR) is 65.4 cm³/mol. The first-order valence-corrected chi connectivity index (χ1v) is 5.27. The molecule has 0 aliphatic heterocycles. The van der Waals surface area contributed by atoms with Gasteiger partial charge in [0, 0.05) is 11.6 Å². The molecule has 5 nitrogen and oxygen atoms in total. The Balaban J connectivity index is 2.22. The summed E-state index contributed by atoms with van der Waals surface area (Å²) >= 11 is 0. The van der Waals surface area contributed by atoms with Gasteiger partial charge in [0.15, 0.2) is 5.65 Å². The van der Waals surface area contributed by atoms with E-state index in [1.807, 2.05) is 31.2 Å². The largest absolute Gasteiger partial charge is 0.368 e. The predicted octanol–water partition coefficient (Wildman–Crippen LogP) is 1.68. The van der Waals surface area contributed by atoms with Crippen LogP contribution in [0.3, 0.4) is 0 Å². The fourth-order valence-corrected chi connectivity index (χ4v) is 1.78. The molecular weight excluding hydrogens is 214 g/mol. The molecule has 0 aliphatic rings. The van der Waals surface area contributed by atoms with E-state index in [2.05, 4.69) is 21.1 Å². The Morgan fingerprint density at radius 3 is 2.82 bits per heavy atom. The van der Waals surface area contributed by atoms with Gasteiger partial charge in [-0.3, -0.25) is 0 Å². The van der Waals surface area contributed by atoms with Gasteiger partial charge in [-0.1, -0.05) is 23.8 Å². The lowest BCUT2D eigenvalue weighted by Crippen LogP contribution is -2.02. The minimum absolute atomic E-state index is 0.342. The third kappa shape index (κ3) is 1.61. The number of anilines is 1. The van der Waals surface area contributed by atoms with Gasteiger partial charge in [-0.15, -0.1) is 0 Å². The highest BCUT2D eigenvalue weighted by Gasteiger charge is 2.07. The maximum absolute atomic E-state index is 5.73. The molecule has 0 spiro atoms. The molecule has 0 amide bonds. The summed E-state index contributed by atoms with van der Waals surface area (Å²) < 4.78 is 1.54. The van der Waals surface area contributed by atoms with Crippen LogP contribution < -0.4 is 5.73 Å². The van der Waals surface area contributed by atoms with Gasteiger partial charge < -0.3 is 5.73 Å². The molecule has 2 aromatic heterocycles. The van der Waals surface area contributed by atoms with Gasteiger partial charge in [-0.25, -0.2) is 9.97 Å². The van der Waals surface area contributed by atoms with Crippen molar-refractivity contribution < 1.29 is 0 Å². The molecule has 17 heavy (non-hydrogen) atoms. The molecule has 0 radical (unpaired) electrons. The number of nitrogens with two attached hydrogens (primary N) is 1. The van der Waals surface area contributed by atoms with Crippen LogP contribution in [0, 0.1) is 6.92 Å². The van der Waals surface area contributed by atoms with E-state index in [9.17, 15) is 0 Å².